The van der Waals surface area contributed by atoms with Crippen LogP contribution in [-0.2, 0) is 9.53 Å². The molecule has 0 spiro atoms. The molecule has 0 radical (unpaired) electrons. The fourth-order valence-corrected chi connectivity index (χ4v) is 2.35. The van der Waals surface area contributed by atoms with E-state index in [0.29, 0.717) is 6.04 Å². The Morgan fingerprint density at radius 1 is 1.53 bits per heavy atom. The summed E-state index contributed by atoms with van der Waals surface area (Å²) in [6.45, 7) is 9.68. The van der Waals surface area contributed by atoms with Crippen LogP contribution >= 0.6 is 0 Å². The summed E-state index contributed by atoms with van der Waals surface area (Å²) in [5, 5.41) is 3.26. The summed E-state index contributed by atoms with van der Waals surface area (Å²) in [7, 11) is 1.45. The molecule has 17 heavy (non-hydrogen) atoms. The van der Waals surface area contributed by atoms with Gasteiger partial charge in [0, 0.05) is 19.1 Å². The number of carbonyl (C=O) groups excluding carboxylic acids is 1. The van der Waals surface area contributed by atoms with Crippen molar-refractivity contribution < 1.29 is 9.53 Å². The van der Waals surface area contributed by atoms with E-state index >= 15 is 0 Å². The van der Waals surface area contributed by atoms with Gasteiger partial charge in [0.15, 0.2) is 0 Å². The van der Waals surface area contributed by atoms with E-state index in [-0.39, 0.29) is 12.0 Å². The molecule has 0 bridgehead atoms. The molecule has 0 aromatic heterocycles. The Bertz CT molecular complexity index is 244. The van der Waals surface area contributed by atoms with Crippen molar-refractivity contribution in [2.24, 2.45) is 5.92 Å². The van der Waals surface area contributed by atoms with Gasteiger partial charge in [-0.1, -0.05) is 20.8 Å². The molecule has 1 fully saturated rings. The lowest BCUT2D eigenvalue weighted by Crippen LogP contribution is -2.43. The monoisotopic (exact) mass is 242 g/mol. The Hall–Kier alpha value is -0.610. The Balaban J connectivity index is 2.35. The van der Waals surface area contributed by atoms with E-state index in [9.17, 15) is 4.79 Å². The zero-order valence-electron chi connectivity index (χ0n) is 11.5. The second kappa shape index (κ2) is 6.97. The first-order valence-electron chi connectivity index (χ1n) is 6.59. The van der Waals surface area contributed by atoms with Gasteiger partial charge in [0.2, 0.25) is 0 Å². The van der Waals surface area contributed by atoms with E-state index in [2.05, 4.69) is 17.1 Å². The predicted molar refractivity (Wildman–Crippen MR) is 68.9 cm³/mol. The zero-order chi connectivity index (χ0) is 12.8. The van der Waals surface area contributed by atoms with Gasteiger partial charge in [0.1, 0.15) is 6.04 Å². The summed E-state index contributed by atoms with van der Waals surface area (Å²) >= 11 is 0. The second-order valence-electron chi connectivity index (χ2n) is 5.38. The summed E-state index contributed by atoms with van der Waals surface area (Å²) in [4.78, 5) is 14.0. The minimum atomic E-state index is -0.170. The van der Waals surface area contributed by atoms with Crippen LogP contribution in [0.15, 0.2) is 0 Å². The number of likely N-dealkylation sites (tertiary alicyclic amines) is 1. The zero-order valence-corrected chi connectivity index (χ0v) is 11.5. The van der Waals surface area contributed by atoms with Gasteiger partial charge in [0.05, 0.1) is 7.11 Å². The van der Waals surface area contributed by atoms with Crippen LogP contribution in [0.4, 0.5) is 0 Å². The van der Waals surface area contributed by atoms with E-state index in [4.69, 9.17) is 4.74 Å². The molecule has 4 nitrogen and oxygen atoms in total. The molecule has 100 valence electrons. The predicted octanol–water partition coefficient (Wildman–Crippen LogP) is 1.26. The maximum atomic E-state index is 11.6. The molecule has 4 heteroatoms. The summed E-state index contributed by atoms with van der Waals surface area (Å²) < 4.78 is 4.83. The lowest BCUT2D eigenvalue weighted by atomic mass is 10.1. The van der Waals surface area contributed by atoms with Crippen molar-refractivity contribution in [3.05, 3.63) is 0 Å². The number of hydrogen-bond acceptors (Lipinski definition) is 4. The lowest BCUT2D eigenvalue weighted by molar-refractivity contribution is -0.143. The second-order valence-corrected chi connectivity index (χ2v) is 5.38. The number of ether oxygens (including phenoxy) is 1. The standard InChI is InChI=1S/C13H26N2O2/c1-10(2)14-12(13(16)17-4)6-8-15-7-5-11(3)9-15/h10-12,14H,5-9H2,1-4H3. The molecule has 0 amide bonds. The third kappa shape index (κ3) is 5.04. The van der Waals surface area contributed by atoms with Crippen molar-refractivity contribution in [1.29, 1.82) is 0 Å². The average molecular weight is 242 g/mol. The molecular weight excluding hydrogens is 216 g/mol. The van der Waals surface area contributed by atoms with Gasteiger partial charge in [-0.05, 0) is 25.3 Å². The Morgan fingerprint density at radius 3 is 2.71 bits per heavy atom. The summed E-state index contributed by atoms with van der Waals surface area (Å²) in [5.41, 5.74) is 0. The van der Waals surface area contributed by atoms with Crippen LogP contribution < -0.4 is 5.32 Å². The number of rotatable bonds is 6. The highest BCUT2D eigenvalue weighted by molar-refractivity contribution is 5.75. The quantitative estimate of drug-likeness (QED) is 0.712. The molecule has 1 aliphatic rings. The highest BCUT2D eigenvalue weighted by Gasteiger charge is 2.23. The SMILES string of the molecule is COC(=O)C(CCN1CCC(C)C1)NC(C)C. The Morgan fingerprint density at radius 2 is 2.24 bits per heavy atom. The van der Waals surface area contributed by atoms with Gasteiger partial charge in [0.25, 0.3) is 0 Å². The van der Waals surface area contributed by atoms with Crippen LogP contribution in [0.25, 0.3) is 0 Å². The van der Waals surface area contributed by atoms with Crippen LogP contribution in [0, 0.1) is 5.92 Å². The molecule has 1 saturated heterocycles. The molecule has 1 heterocycles. The molecule has 0 aromatic rings. The maximum absolute atomic E-state index is 11.6. The molecule has 0 saturated carbocycles. The van der Waals surface area contributed by atoms with Crippen LogP contribution in [0.5, 0.6) is 0 Å². The van der Waals surface area contributed by atoms with Crippen LogP contribution in [0.2, 0.25) is 0 Å². The highest BCUT2D eigenvalue weighted by Crippen LogP contribution is 2.15. The Kier molecular flexibility index (Phi) is 5.92. The van der Waals surface area contributed by atoms with Crippen LogP contribution in [0.3, 0.4) is 0 Å². The summed E-state index contributed by atoms with van der Waals surface area (Å²) in [5.74, 6) is 0.649. The molecule has 1 aliphatic heterocycles. The fourth-order valence-electron chi connectivity index (χ4n) is 2.35. The number of esters is 1. The van der Waals surface area contributed by atoms with Crippen molar-refractivity contribution in [1.82, 2.24) is 10.2 Å². The first kappa shape index (κ1) is 14.5. The third-order valence-corrected chi connectivity index (χ3v) is 3.26. The number of nitrogens with one attached hydrogen (secondary N) is 1. The van der Waals surface area contributed by atoms with Crippen molar-refractivity contribution in [3.63, 3.8) is 0 Å². The van der Waals surface area contributed by atoms with Crippen molar-refractivity contribution in [2.45, 2.75) is 45.7 Å². The molecule has 1 rings (SSSR count). The van der Waals surface area contributed by atoms with Gasteiger partial charge in [-0.25, -0.2) is 0 Å². The minimum Gasteiger partial charge on any atom is -0.468 e. The van der Waals surface area contributed by atoms with Crippen molar-refractivity contribution >= 4 is 5.97 Å². The average Bonchev–Trinajstić information content (AvgIpc) is 2.68. The summed E-state index contributed by atoms with van der Waals surface area (Å²) in [6, 6.07) is 0.132. The van der Waals surface area contributed by atoms with E-state index in [1.807, 2.05) is 13.8 Å². The van der Waals surface area contributed by atoms with Gasteiger partial charge in [-0.2, -0.15) is 0 Å². The van der Waals surface area contributed by atoms with Crippen molar-refractivity contribution in [3.8, 4) is 0 Å². The molecule has 2 atom stereocenters. The summed E-state index contributed by atoms with van der Waals surface area (Å²) in [6.07, 6.45) is 2.11. The first-order chi connectivity index (χ1) is 8.02. The van der Waals surface area contributed by atoms with E-state index < -0.39 is 0 Å². The number of nitrogens with zero attached hydrogens (tertiary/aromatic N) is 1. The minimum absolute atomic E-state index is 0.147. The largest absolute Gasteiger partial charge is 0.468 e. The molecule has 0 aromatic carbocycles. The molecular formula is C13H26N2O2. The van der Waals surface area contributed by atoms with Gasteiger partial charge in [-0.15, -0.1) is 0 Å². The lowest BCUT2D eigenvalue weighted by Gasteiger charge is -2.22. The number of carbonyl (C=O) groups is 1. The topological polar surface area (TPSA) is 41.6 Å². The smallest absolute Gasteiger partial charge is 0.322 e. The first-order valence-corrected chi connectivity index (χ1v) is 6.59. The fraction of sp³-hybridized carbons (Fsp3) is 0.923. The molecule has 1 N–H and O–H groups in total. The molecule has 2 unspecified atom stereocenters. The third-order valence-electron chi connectivity index (χ3n) is 3.26. The van der Waals surface area contributed by atoms with Gasteiger partial charge >= 0.3 is 5.97 Å². The van der Waals surface area contributed by atoms with Gasteiger partial charge in [-0.3, -0.25) is 4.79 Å². The van der Waals surface area contributed by atoms with E-state index in [1.165, 1.54) is 13.5 Å². The van der Waals surface area contributed by atoms with E-state index in [1.54, 1.807) is 0 Å². The van der Waals surface area contributed by atoms with Crippen molar-refractivity contribution in [2.75, 3.05) is 26.7 Å². The number of methoxy groups -OCH3 is 1. The van der Waals surface area contributed by atoms with E-state index in [0.717, 1.165) is 32.0 Å². The maximum Gasteiger partial charge on any atom is 0.322 e. The number of hydrogen-bond donors (Lipinski definition) is 1. The normalized spacial score (nSPS) is 23.0. The Labute approximate surface area is 105 Å². The highest BCUT2D eigenvalue weighted by atomic mass is 16.5. The van der Waals surface area contributed by atoms with Gasteiger partial charge < -0.3 is 15.0 Å². The molecule has 0 aliphatic carbocycles. The van der Waals surface area contributed by atoms with Crippen LogP contribution in [-0.4, -0.2) is 49.7 Å². The van der Waals surface area contributed by atoms with Crippen LogP contribution in [0.1, 0.15) is 33.6 Å².